The quantitative estimate of drug-likeness (QED) is 0.652. The highest BCUT2D eigenvalue weighted by atomic mass is 16.6. The summed E-state index contributed by atoms with van der Waals surface area (Å²) in [6.45, 7) is 3.60. The number of para-hydroxylation sites is 1. The number of ether oxygens (including phenoxy) is 4. The van der Waals surface area contributed by atoms with Crippen LogP contribution in [-0.2, 0) is 16.0 Å². The van der Waals surface area contributed by atoms with Gasteiger partial charge in [-0.3, -0.25) is 9.59 Å². The van der Waals surface area contributed by atoms with Crippen LogP contribution in [0, 0.1) is 5.41 Å². The Morgan fingerprint density at radius 1 is 0.868 bits per heavy atom. The lowest BCUT2D eigenvalue weighted by Crippen LogP contribution is -2.49. The van der Waals surface area contributed by atoms with E-state index in [-0.39, 0.29) is 23.8 Å². The molecule has 3 heterocycles. The molecule has 1 spiro atoms. The Morgan fingerprint density at radius 2 is 1.66 bits per heavy atom. The first-order valence-electron chi connectivity index (χ1n) is 13.9. The van der Waals surface area contributed by atoms with Crippen LogP contribution in [0.15, 0.2) is 42.5 Å². The predicted molar refractivity (Wildman–Crippen MR) is 143 cm³/mol. The van der Waals surface area contributed by atoms with Crippen LogP contribution >= 0.6 is 0 Å². The second kappa shape index (κ2) is 12.4. The zero-order valence-electron chi connectivity index (χ0n) is 22.0. The average Bonchev–Trinajstić information content (AvgIpc) is 2.96. The Hall–Kier alpha value is -3.42. The highest BCUT2D eigenvalue weighted by Crippen LogP contribution is 2.37. The van der Waals surface area contributed by atoms with Crippen LogP contribution in [-0.4, -0.2) is 62.8 Å². The third kappa shape index (κ3) is 6.71. The summed E-state index contributed by atoms with van der Waals surface area (Å²) in [5.74, 6) is 2.93. The van der Waals surface area contributed by atoms with Crippen molar-refractivity contribution in [1.29, 1.82) is 0 Å². The number of hydrogen-bond acceptors (Lipinski definition) is 6. The summed E-state index contributed by atoms with van der Waals surface area (Å²) >= 11 is 0. The van der Waals surface area contributed by atoms with Gasteiger partial charge in [0.25, 0.3) is 5.91 Å². The standard InChI is InChI=1S/C30H38N2O6/c33-28-9-5-17-35-25-8-2-1-6-23(25)7-3-4-12-30(22-31-28)13-15-32(16-14-30)29(34)21-38-24-10-11-26-27(20-24)37-19-18-36-26/h1-2,6,8,10-11,20H,3-5,7,9,12-19,21-22H2,(H,31,33). The predicted octanol–water partition coefficient (Wildman–Crippen LogP) is 4.15. The van der Waals surface area contributed by atoms with E-state index < -0.39 is 0 Å². The summed E-state index contributed by atoms with van der Waals surface area (Å²) in [7, 11) is 0. The fraction of sp³-hybridized carbons (Fsp3) is 0.533. The maximum atomic E-state index is 12.9. The zero-order valence-corrected chi connectivity index (χ0v) is 22.0. The molecule has 2 amide bonds. The van der Waals surface area contributed by atoms with Gasteiger partial charge in [-0.2, -0.15) is 0 Å². The smallest absolute Gasteiger partial charge is 0.260 e. The molecule has 204 valence electrons. The molecular weight excluding hydrogens is 484 g/mol. The Morgan fingerprint density at radius 3 is 2.53 bits per heavy atom. The van der Waals surface area contributed by atoms with Crippen molar-refractivity contribution in [3.63, 3.8) is 0 Å². The van der Waals surface area contributed by atoms with Crippen molar-refractivity contribution in [2.45, 2.75) is 51.4 Å². The molecule has 0 saturated carbocycles. The summed E-state index contributed by atoms with van der Waals surface area (Å²) in [5.41, 5.74) is 1.25. The molecule has 1 fully saturated rings. The normalized spacial score (nSPS) is 19.9. The fourth-order valence-corrected chi connectivity index (χ4v) is 5.55. The summed E-state index contributed by atoms with van der Waals surface area (Å²) in [6, 6.07) is 13.6. The van der Waals surface area contributed by atoms with Gasteiger partial charge in [-0.05, 0) is 67.7 Å². The summed E-state index contributed by atoms with van der Waals surface area (Å²) in [5, 5.41) is 3.19. The number of likely N-dealkylation sites (tertiary alicyclic amines) is 1. The molecule has 0 unspecified atom stereocenters. The molecular formula is C30H38N2O6. The third-order valence-electron chi connectivity index (χ3n) is 7.89. The molecule has 2 aromatic carbocycles. The first-order valence-corrected chi connectivity index (χ1v) is 13.9. The second-order valence-corrected chi connectivity index (χ2v) is 10.5. The molecule has 0 radical (unpaired) electrons. The van der Waals surface area contributed by atoms with Crippen LogP contribution < -0.4 is 24.3 Å². The lowest BCUT2D eigenvalue weighted by atomic mass is 9.74. The molecule has 3 aliphatic heterocycles. The summed E-state index contributed by atoms with van der Waals surface area (Å²) < 4.78 is 22.9. The SMILES string of the molecule is O=C1CCCOc2ccccc2CCCCC2(CCN(C(=O)COc3ccc4c(c3)OCCO4)CC2)CN1. The molecule has 5 rings (SSSR count). The van der Waals surface area contributed by atoms with Crippen molar-refractivity contribution in [2.24, 2.45) is 5.41 Å². The number of rotatable bonds is 3. The number of benzene rings is 2. The minimum Gasteiger partial charge on any atom is -0.493 e. The molecule has 0 aromatic heterocycles. The Balaban J connectivity index is 1.15. The van der Waals surface area contributed by atoms with Gasteiger partial charge in [0.05, 0.1) is 6.61 Å². The van der Waals surface area contributed by atoms with E-state index in [9.17, 15) is 9.59 Å². The molecule has 38 heavy (non-hydrogen) atoms. The van der Waals surface area contributed by atoms with Crippen LogP contribution in [0.1, 0.15) is 50.5 Å². The van der Waals surface area contributed by atoms with E-state index in [1.165, 1.54) is 5.56 Å². The molecule has 3 aliphatic rings. The van der Waals surface area contributed by atoms with Crippen molar-refractivity contribution in [2.75, 3.05) is 46.1 Å². The number of aryl methyl sites for hydroxylation is 1. The van der Waals surface area contributed by atoms with Crippen molar-refractivity contribution in [3.05, 3.63) is 48.0 Å². The number of fused-ring (bicyclic) bond motifs is 2. The zero-order chi connectivity index (χ0) is 26.2. The lowest BCUT2D eigenvalue weighted by Gasteiger charge is -2.42. The first kappa shape index (κ1) is 26.2. The number of nitrogens with one attached hydrogen (secondary N) is 1. The average molecular weight is 523 g/mol. The van der Waals surface area contributed by atoms with Crippen LogP contribution in [0.3, 0.4) is 0 Å². The first-order chi connectivity index (χ1) is 18.6. The lowest BCUT2D eigenvalue weighted by molar-refractivity contribution is -0.136. The van der Waals surface area contributed by atoms with Crippen LogP contribution in [0.4, 0.5) is 0 Å². The molecule has 1 N–H and O–H groups in total. The number of carbonyl (C=O) groups is 2. The van der Waals surface area contributed by atoms with Gasteiger partial charge in [0.15, 0.2) is 18.1 Å². The van der Waals surface area contributed by atoms with Gasteiger partial charge in [-0.1, -0.05) is 24.6 Å². The second-order valence-electron chi connectivity index (χ2n) is 10.5. The Labute approximate surface area is 224 Å². The Bertz CT molecular complexity index is 1110. The van der Waals surface area contributed by atoms with E-state index in [0.717, 1.165) is 44.3 Å². The van der Waals surface area contributed by atoms with E-state index in [4.69, 9.17) is 18.9 Å². The molecule has 0 bridgehead atoms. The maximum absolute atomic E-state index is 12.9. The number of hydrogen-bond donors (Lipinski definition) is 1. The van der Waals surface area contributed by atoms with Gasteiger partial charge in [-0.15, -0.1) is 0 Å². The van der Waals surface area contributed by atoms with E-state index in [0.29, 0.717) is 69.5 Å². The minimum absolute atomic E-state index is 0.00907. The van der Waals surface area contributed by atoms with E-state index in [1.807, 2.05) is 23.1 Å². The largest absolute Gasteiger partial charge is 0.493 e. The molecule has 0 aliphatic carbocycles. The van der Waals surface area contributed by atoms with Gasteiger partial charge < -0.3 is 29.2 Å². The fourth-order valence-electron chi connectivity index (χ4n) is 5.55. The molecule has 0 atom stereocenters. The van der Waals surface area contributed by atoms with Gasteiger partial charge >= 0.3 is 0 Å². The molecule has 8 nitrogen and oxygen atoms in total. The van der Waals surface area contributed by atoms with E-state index in [1.54, 1.807) is 12.1 Å². The third-order valence-corrected chi connectivity index (χ3v) is 7.89. The van der Waals surface area contributed by atoms with Crippen molar-refractivity contribution >= 4 is 11.8 Å². The van der Waals surface area contributed by atoms with E-state index >= 15 is 0 Å². The monoisotopic (exact) mass is 522 g/mol. The van der Waals surface area contributed by atoms with Crippen LogP contribution in [0.2, 0.25) is 0 Å². The summed E-state index contributed by atoms with van der Waals surface area (Å²) in [6.07, 6.45) is 7.07. The van der Waals surface area contributed by atoms with Crippen LogP contribution in [0.25, 0.3) is 0 Å². The topological polar surface area (TPSA) is 86.3 Å². The molecule has 2 aromatic rings. The molecule has 1 saturated heterocycles. The van der Waals surface area contributed by atoms with Gasteiger partial charge in [-0.25, -0.2) is 0 Å². The molecule has 8 heteroatoms. The van der Waals surface area contributed by atoms with Gasteiger partial charge in [0.2, 0.25) is 5.91 Å². The van der Waals surface area contributed by atoms with Crippen molar-refractivity contribution in [1.82, 2.24) is 10.2 Å². The summed E-state index contributed by atoms with van der Waals surface area (Å²) in [4.78, 5) is 27.4. The van der Waals surface area contributed by atoms with Crippen molar-refractivity contribution < 1.29 is 28.5 Å². The Kier molecular flexibility index (Phi) is 8.56. The highest BCUT2D eigenvalue weighted by molar-refractivity contribution is 5.78. The number of nitrogens with zero attached hydrogens (tertiary/aromatic N) is 1. The van der Waals surface area contributed by atoms with Crippen molar-refractivity contribution in [3.8, 4) is 23.0 Å². The van der Waals surface area contributed by atoms with Gasteiger partial charge in [0, 0.05) is 32.1 Å². The number of carbonyl (C=O) groups excluding carboxylic acids is 2. The number of amides is 2. The number of piperidine rings is 1. The minimum atomic E-state index is -0.0173. The maximum Gasteiger partial charge on any atom is 0.260 e. The van der Waals surface area contributed by atoms with Gasteiger partial charge in [0.1, 0.15) is 24.7 Å². The highest BCUT2D eigenvalue weighted by Gasteiger charge is 2.36. The van der Waals surface area contributed by atoms with E-state index in [2.05, 4.69) is 17.4 Å². The van der Waals surface area contributed by atoms with Crippen LogP contribution in [0.5, 0.6) is 23.0 Å².